The van der Waals surface area contributed by atoms with Crippen LogP contribution in [0.15, 0.2) is 0 Å². The minimum atomic E-state index is -0.352. The van der Waals surface area contributed by atoms with Crippen LogP contribution in [-0.4, -0.2) is 24.8 Å². The quantitative estimate of drug-likeness (QED) is 0.128. The van der Waals surface area contributed by atoms with Gasteiger partial charge < -0.3 is 9.47 Å². The number of carbonyl (C=O) groups is 1. The smallest absolute Gasteiger partial charge is 0.306 e. The van der Waals surface area contributed by atoms with Crippen LogP contribution in [0, 0.1) is 12.3 Å². The van der Waals surface area contributed by atoms with E-state index in [1.54, 1.807) is 0 Å². The van der Waals surface area contributed by atoms with Crippen LogP contribution in [0.3, 0.4) is 0 Å². The van der Waals surface area contributed by atoms with Gasteiger partial charge in [-0.25, -0.2) is 0 Å². The Morgan fingerprint density at radius 1 is 0.828 bits per heavy atom. The molecule has 1 rings (SSSR count). The summed E-state index contributed by atoms with van der Waals surface area (Å²) >= 11 is 0. The molecule has 3 nitrogen and oxygen atoms in total. The van der Waals surface area contributed by atoms with Gasteiger partial charge in [-0.15, -0.1) is 6.42 Å². The second-order valence-corrected chi connectivity index (χ2v) is 8.68. The summed E-state index contributed by atoms with van der Waals surface area (Å²) in [6.45, 7) is 2.87. The minimum Gasteiger partial charge on any atom is -0.458 e. The third-order valence-corrected chi connectivity index (χ3v) is 5.97. The molecule has 0 bridgehead atoms. The lowest BCUT2D eigenvalue weighted by atomic mass is 10.0. The monoisotopic (exact) mass is 406 g/mol. The average Bonchev–Trinajstić information content (AvgIpc) is 3.17. The molecule has 1 fully saturated rings. The Balaban J connectivity index is 1.76. The fourth-order valence-corrected chi connectivity index (χ4v) is 4.07. The second-order valence-electron chi connectivity index (χ2n) is 8.68. The van der Waals surface area contributed by atoms with Crippen LogP contribution in [-0.2, 0) is 14.3 Å². The lowest BCUT2D eigenvalue weighted by Gasteiger charge is -2.14. The highest BCUT2D eigenvalue weighted by atomic mass is 16.6. The van der Waals surface area contributed by atoms with E-state index in [1.807, 2.05) is 0 Å². The van der Waals surface area contributed by atoms with Gasteiger partial charge in [-0.3, -0.25) is 4.79 Å². The highest BCUT2D eigenvalue weighted by Crippen LogP contribution is 2.18. The van der Waals surface area contributed by atoms with Crippen LogP contribution >= 0.6 is 0 Å². The summed E-state index contributed by atoms with van der Waals surface area (Å²) < 4.78 is 10.8. The summed E-state index contributed by atoms with van der Waals surface area (Å²) in [6, 6.07) is 0. The average molecular weight is 407 g/mol. The van der Waals surface area contributed by atoms with Crippen molar-refractivity contribution in [2.24, 2.45) is 0 Å². The number of rotatable bonds is 19. The number of ether oxygens (including phenoxy) is 2. The minimum absolute atomic E-state index is 0.123. The van der Waals surface area contributed by atoms with Gasteiger partial charge >= 0.3 is 5.97 Å². The molecule has 1 aliphatic heterocycles. The highest BCUT2D eigenvalue weighted by molar-refractivity contribution is 5.69. The van der Waals surface area contributed by atoms with Crippen molar-refractivity contribution in [2.45, 2.75) is 141 Å². The number of esters is 1. The van der Waals surface area contributed by atoms with Gasteiger partial charge in [0.25, 0.3) is 0 Å². The molecule has 0 amide bonds. The first-order chi connectivity index (χ1) is 14.3. The van der Waals surface area contributed by atoms with E-state index in [9.17, 15) is 4.79 Å². The first kappa shape index (κ1) is 26.0. The van der Waals surface area contributed by atoms with E-state index in [-0.39, 0.29) is 18.2 Å². The van der Waals surface area contributed by atoms with Crippen molar-refractivity contribution >= 4 is 5.97 Å². The molecule has 0 aromatic heterocycles. The molecule has 29 heavy (non-hydrogen) atoms. The Hall–Kier alpha value is -1.01. The van der Waals surface area contributed by atoms with Gasteiger partial charge in [0.15, 0.2) is 6.10 Å². The van der Waals surface area contributed by atoms with Crippen molar-refractivity contribution in [3.63, 3.8) is 0 Å². The molecule has 0 spiro atoms. The van der Waals surface area contributed by atoms with Gasteiger partial charge in [-0.2, -0.15) is 0 Å². The molecule has 1 saturated heterocycles. The van der Waals surface area contributed by atoms with Crippen molar-refractivity contribution in [2.75, 3.05) is 6.61 Å². The van der Waals surface area contributed by atoms with Gasteiger partial charge in [-0.05, 0) is 6.42 Å². The molecular formula is C26H46O3. The Morgan fingerprint density at radius 3 is 1.72 bits per heavy atom. The zero-order valence-electron chi connectivity index (χ0n) is 19.1. The summed E-state index contributed by atoms with van der Waals surface area (Å²) in [5.41, 5.74) is 0. The third-order valence-electron chi connectivity index (χ3n) is 5.97. The van der Waals surface area contributed by atoms with Gasteiger partial charge in [-0.1, -0.05) is 116 Å². The maximum absolute atomic E-state index is 11.9. The highest BCUT2D eigenvalue weighted by Gasteiger charge is 2.29. The first-order valence-electron chi connectivity index (χ1n) is 12.5. The summed E-state index contributed by atoms with van der Waals surface area (Å²) in [7, 11) is 0. The lowest BCUT2D eigenvalue weighted by Crippen LogP contribution is -2.25. The van der Waals surface area contributed by atoms with Crippen LogP contribution in [0.1, 0.15) is 129 Å². The summed E-state index contributed by atoms with van der Waals surface area (Å²) in [6.07, 6.45) is 28.9. The third kappa shape index (κ3) is 14.6. The molecular weight excluding hydrogens is 360 g/mol. The molecule has 0 radical (unpaired) electrons. The second kappa shape index (κ2) is 19.0. The lowest BCUT2D eigenvalue weighted by molar-refractivity contribution is -0.150. The zero-order valence-corrected chi connectivity index (χ0v) is 19.1. The van der Waals surface area contributed by atoms with E-state index < -0.39 is 0 Å². The molecule has 0 aromatic carbocycles. The molecule has 0 aromatic rings. The van der Waals surface area contributed by atoms with Gasteiger partial charge in [0.2, 0.25) is 0 Å². The van der Waals surface area contributed by atoms with Crippen LogP contribution in [0.2, 0.25) is 0 Å². The fourth-order valence-electron chi connectivity index (χ4n) is 4.07. The predicted octanol–water partition coefficient (Wildman–Crippen LogP) is 7.36. The van der Waals surface area contributed by atoms with Gasteiger partial charge in [0.1, 0.15) is 6.10 Å². The van der Waals surface area contributed by atoms with E-state index in [4.69, 9.17) is 15.9 Å². The maximum atomic E-state index is 11.9. The summed E-state index contributed by atoms with van der Waals surface area (Å²) in [5, 5.41) is 0. The standard InChI is InChI=1S/C26H46O3/c1-3-5-6-7-8-9-10-11-12-13-14-15-16-17-18-19-20-21-26(27)29-25-22-23-28-24(25)4-2/h2,24-25H,3,5-23H2,1H3. The molecule has 1 heterocycles. The molecule has 2 unspecified atom stereocenters. The molecule has 168 valence electrons. The van der Waals surface area contributed by atoms with E-state index in [1.165, 1.54) is 96.3 Å². The Kier molecular flexibility index (Phi) is 17.0. The molecule has 3 heteroatoms. The first-order valence-corrected chi connectivity index (χ1v) is 12.5. The van der Waals surface area contributed by atoms with E-state index in [0.717, 1.165) is 19.3 Å². The van der Waals surface area contributed by atoms with Gasteiger partial charge in [0, 0.05) is 12.8 Å². The van der Waals surface area contributed by atoms with E-state index >= 15 is 0 Å². The van der Waals surface area contributed by atoms with Crippen LogP contribution in [0.25, 0.3) is 0 Å². The topological polar surface area (TPSA) is 35.5 Å². The van der Waals surface area contributed by atoms with E-state index in [0.29, 0.717) is 13.0 Å². The number of hydrogen-bond acceptors (Lipinski definition) is 3. The number of hydrogen-bond donors (Lipinski definition) is 0. The van der Waals surface area contributed by atoms with E-state index in [2.05, 4.69) is 12.8 Å². The zero-order chi connectivity index (χ0) is 21.0. The molecule has 0 N–H and O–H groups in total. The van der Waals surface area contributed by atoms with Crippen molar-refractivity contribution < 1.29 is 14.3 Å². The Labute approximate surface area is 180 Å². The molecule has 1 aliphatic rings. The molecule has 0 aliphatic carbocycles. The number of unbranched alkanes of at least 4 members (excludes halogenated alkanes) is 16. The Morgan fingerprint density at radius 2 is 1.28 bits per heavy atom. The normalized spacial score (nSPS) is 18.6. The van der Waals surface area contributed by atoms with Crippen molar-refractivity contribution in [1.82, 2.24) is 0 Å². The van der Waals surface area contributed by atoms with Crippen molar-refractivity contribution in [1.29, 1.82) is 0 Å². The van der Waals surface area contributed by atoms with Crippen molar-refractivity contribution in [3.05, 3.63) is 0 Å². The van der Waals surface area contributed by atoms with Crippen molar-refractivity contribution in [3.8, 4) is 12.3 Å². The van der Waals surface area contributed by atoms with Crippen LogP contribution in [0.5, 0.6) is 0 Å². The predicted molar refractivity (Wildman–Crippen MR) is 122 cm³/mol. The molecule has 2 atom stereocenters. The maximum Gasteiger partial charge on any atom is 0.306 e. The fraction of sp³-hybridized carbons (Fsp3) is 0.885. The van der Waals surface area contributed by atoms with Gasteiger partial charge in [0.05, 0.1) is 6.61 Å². The molecule has 0 saturated carbocycles. The largest absolute Gasteiger partial charge is 0.458 e. The SMILES string of the molecule is C#CC1OCCC1OC(=O)CCCCCCCCCCCCCCCCCCC. The number of carbonyl (C=O) groups excluding carboxylic acids is 1. The summed E-state index contributed by atoms with van der Waals surface area (Å²) in [5.74, 6) is 2.42. The van der Waals surface area contributed by atoms with Crippen LogP contribution in [0.4, 0.5) is 0 Å². The summed E-state index contributed by atoms with van der Waals surface area (Å²) in [4.78, 5) is 11.9. The number of terminal acetylenes is 1. The van der Waals surface area contributed by atoms with Crippen LogP contribution < -0.4 is 0 Å². The Bertz CT molecular complexity index is 426.